The summed E-state index contributed by atoms with van der Waals surface area (Å²) in [4.78, 5) is 27.2. The number of likely N-dealkylation sites (N-methyl/N-ethyl adjacent to an activating group) is 1. The first-order valence-corrected chi connectivity index (χ1v) is 8.64. The summed E-state index contributed by atoms with van der Waals surface area (Å²) in [7, 11) is 1.67. The summed E-state index contributed by atoms with van der Waals surface area (Å²) in [5.41, 5.74) is -0.106. The first kappa shape index (κ1) is 13.6. The SMILES string of the molecule is CNC(=O)C1CCCN1C(=O)C12CC3CC(CC(C3)C1)C2. The lowest BCUT2D eigenvalue weighted by Gasteiger charge is -2.56. The zero-order valence-corrected chi connectivity index (χ0v) is 12.9. The maximum atomic E-state index is 13.3. The lowest BCUT2D eigenvalue weighted by molar-refractivity contribution is -0.160. The van der Waals surface area contributed by atoms with Crippen LogP contribution in [-0.4, -0.2) is 36.3 Å². The van der Waals surface area contributed by atoms with E-state index in [2.05, 4.69) is 5.32 Å². The molecule has 4 aliphatic carbocycles. The fraction of sp³-hybridized carbons (Fsp3) is 0.882. The summed E-state index contributed by atoms with van der Waals surface area (Å²) < 4.78 is 0. The van der Waals surface area contributed by atoms with E-state index in [1.807, 2.05) is 4.90 Å². The Morgan fingerprint density at radius 1 is 1.05 bits per heavy atom. The normalized spacial score (nSPS) is 44.1. The van der Waals surface area contributed by atoms with E-state index < -0.39 is 0 Å². The zero-order valence-electron chi connectivity index (χ0n) is 12.9. The minimum atomic E-state index is -0.212. The van der Waals surface area contributed by atoms with Gasteiger partial charge in [-0.3, -0.25) is 9.59 Å². The van der Waals surface area contributed by atoms with Crippen LogP contribution in [-0.2, 0) is 9.59 Å². The van der Waals surface area contributed by atoms with Crippen LogP contribution in [0.15, 0.2) is 0 Å². The molecule has 4 bridgehead atoms. The van der Waals surface area contributed by atoms with Gasteiger partial charge in [-0.2, -0.15) is 0 Å². The predicted molar refractivity (Wildman–Crippen MR) is 79.4 cm³/mol. The fourth-order valence-electron chi connectivity index (χ4n) is 6.13. The van der Waals surface area contributed by atoms with Crippen molar-refractivity contribution in [3.05, 3.63) is 0 Å². The van der Waals surface area contributed by atoms with Gasteiger partial charge in [0.25, 0.3) is 0 Å². The Morgan fingerprint density at radius 3 is 2.14 bits per heavy atom. The monoisotopic (exact) mass is 290 g/mol. The van der Waals surface area contributed by atoms with Gasteiger partial charge in [0.05, 0.1) is 5.41 Å². The summed E-state index contributed by atoms with van der Waals surface area (Å²) in [5.74, 6) is 2.67. The van der Waals surface area contributed by atoms with Crippen LogP contribution in [0.1, 0.15) is 51.4 Å². The molecule has 1 N–H and O–H groups in total. The van der Waals surface area contributed by atoms with E-state index in [4.69, 9.17) is 0 Å². The van der Waals surface area contributed by atoms with E-state index in [0.717, 1.165) is 56.4 Å². The minimum Gasteiger partial charge on any atom is -0.357 e. The molecule has 5 rings (SSSR count). The molecular formula is C17H26N2O2. The molecule has 4 heteroatoms. The summed E-state index contributed by atoms with van der Waals surface area (Å²) in [6.07, 6.45) is 9.13. The van der Waals surface area contributed by atoms with Gasteiger partial charge in [0, 0.05) is 13.6 Å². The summed E-state index contributed by atoms with van der Waals surface area (Å²) >= 11 is 0. The second-order valence-corrected chi connectivity index (χ2v) is 7.97. The number of amides is 2. The average Bonchev–Trinajstić information content (AvgIpc) is 2.93. The van der Waals surface area contributed by atoms with E-state index in [1.54, 1.807) is 7.05 Å². The highest BCUT2D eigenvalue weighted by molar-refractivity contribution is 5.90. The predicted octanol–water partition coefficient (Wildman–Crippen LogP) is 1.94. The Balaban J connectivity index is 1.58. The molecule has 1 atom stereocenters. The quantitative estimate of drug-likeness (QED) is 0.845. The average molecular weight is 290 g/mol. The number of hydrogen-bond donors (Lipinski definition) is 1. The van der Waals surface area contributed by atoms with Gasteiger partial charge < -0.3 is 10.2 Å². The minimum absolute atomic E-state index is 0.0191. The summed E-state index contributed by atoms with van der Waals surface area (Å²) in [5, 5.41) is 2.73. The lowest BCUT2D eigenvalue weighted by atomic mass is 9.49. The first-order valence-electron chi connectivity index (χ1n) is 8.64. The molecular weight excluding hydrogens is 264 g/mol. The summed E-state index contributed by atoms with van der Waals surface area (Å²) in [6, 6.07) is -0.212. The number of hydrogen-bond acceptors (Lipinski definition) is 2. The Morgan fingerprint density at radius 2 is 1.62 bits per heavy atom. The van der Waals surface area contributed by atoms with Crippen molar-refractivity contribution in [1.29, 1.82) is 0 Å². The molecule has 21 heavy (non-hydrogen) atoms. The zero-order chi connectivity index (χ0) is 14.6. The third kappa shape index (κ3) is 2.01. The van der Waals surface area contributed by atoms with E-state index >= 15 is 0 Å². The van der Waals surface area contributed by atoms with Crippen molar-refractivity contribution < 1.29 is 9.59 Å². The van der Waals surface area contributed by atoms with Crippen molar-refractivity contribution in [1.82, 2.24) is 10.2 Å². The highest BCUT2D eigenvalue weighted by Gasteiger charge is 2.56. The Labute approximate surface area is 126 Å². The number of carbonyl (C=O) groups is 2. The van der Waals surface area contributed by atoms with Crippen LogP contribution in [0.3, 0.4) is 0 Å². The highest BCUT2D eigenvalue weighted by atomic mass is 16.2. The molecule has 0 radical (unpaired) electrons. The van der Waals surface area contributed by atoms with Crippen molar-refractivity contribution in [3.63, 3.8) is 0 Å². The van der Waals surface area contributed by atoms with Gasteiger partial charge in [0.15, 0.2) is 0 Å². The second-order valence-electron chi connectivity index (χ2n) is 7.97. The second kappa shape index (κ2) is 4.72. The topological polar surface area (TPSA) is 49.4 Å². The largest absolute Gasteiger partial charge is 0.357 e. The molecule has 116 valence electrons. The smallest absolute Gasteiger partial charge is 0.242 e. The van der Waals surface area contributed by atoms with Crippen LogP contribution in [0.5, 0.6) is 0 Å². The molecule has 5 fully saturated rings. The molecule has 0 spiro atoms. The van der Waals surface area contributed by atoms with Gasteiger partial charge in [0.2, 0.25) is 11.8 Å². The van der Waals surface area contributed by atoms with Crippen LogP contribution < -0.4 is 5.32 Å². The molecule has 1 heterocycles. The number of likely N-dealkylation sites (tertiary alicyclic amines) is 1. The number of nitrogens with zero attached hydrogens (tertiary/aromatic N) is 1. The molecule has 1 aliphatic heterocycles. The number of nitrogens with one attached hydrogen (secondary N) is 1. The van der Waals surface area contributed by atoms with Crippen LogP contribution >= 0.6 is 0 Å². The maximum absolute atomic E-state index is 13.3. The lowest BCUT2D eigenvalue weighted by Crippen LogP contribution is -2.57. The van der Waals surface area contributed by atoms with Gasteiger partial charge in [-0.05, 0) is 69.1 Å². The third-order valence-electron chi connectivity index (χ3n) is 6.55. The summed E-state index contributed by atoms with van der Waals surface area (Å²) in [6.45, 7) is 0.776. The standard InChI is InChI=1S/C17H26N2O2/c1-18-15(20)14-3-2-4-19(14)16(21)17-8-11-5-12(9-17)7-13(6-11)10-17/h11-14H,2-10H2,1H3,(H,18,20). The molecule has 0 aromatic heterocycles. The van der Waals surface area contributed by atoms with Gasteiger partial charge >= 0.3 is 0 Å². The highest BCUT2D eigenvalue weighted by Crippen LogP contribution is 2.60. The van der Waals surface area contributed by atoms with Gasteiger partial charge in [-0.15, -0.1) is 0 Å². The first-order chi connectivity index (χ1) is 10.1. The maximum Gasteiger partial charge on any atom is 0.242 e. The van der Waals surface area contributed by atoms with Gasteiger partial charge in [-0.1, -0.05) is 0 Å². The molecule has 0 aromatic rings. The number of rotatable bonds is 2. The Hall–Kier alpha value is -1.06. The van der Waals surface area contributed by atoms with Crippen molar-refractivity contribution >= 4 is 11.8 Å². The van der Waals surface area contributed by atoms with Crippen molar-refractivity contribution in [2.75, 3.05) is 13.6 Å². The van der Waals surface area contributed by atoms with Crippen molar-refractivity contribution in [2.24, 2.45) is 23.2 Å². The molecule has 5 aliphatic rings. The van der Waals surface area contributed by atoms with Gasteiger partial charge in [-0.25, -0.2) is 0 Å². The van der Waals surface area contributed by atoms with Crippen molar-refractivity contribution in [2.45, 2.75) is 57.4 Å². The van der Waals surface area contributed by atoms with Crippen LogP contribution in [0, 0.1) is 23.2 Å². The van der Waals surface area contributed by atoms with Gasteiger partial charge in [0.1, 0.15) is 6.04 Å². The molecule has 1 saturated heterocycles. The van der Waals surface area contributed by atoms with E-state index in [-0.39, 0.29) is 17.4 Å². The molecule has 1 unspecified atom stereocenters. The molecule has 2 amide bonds. The fourth-order valence-corrected chi connectivity index (χ4v) is 6.13. The molecule has 4 saturated carbocycles. The molecule has 0 aromatic carbocycles. The third-order valence-corrected chi connectivity index (χ3v) is 6.55. The Bertz CT molecular complexity index is 438. The van der Waals surface area contributed by atoms with Crippen LogP contribution in [0.4, 0.5) is 0 Å². The van der Waals surface area contributed by atoms with E-state index in [9.17, 15) is 9.59 Å². The van der Waals surface area contributed by atoms with Crippen LogP contribution in [0.2, 0.25) is 0 Å². The molecule has 4 nitrogen and oxygen atoms in total. The van der Waals surface area contributed by atoms with Crippen LogP contribution in [0.25, 0.3) is 0 Å². The van der Waals surface area contributed by atoms with E-state index in [1.165, 1.54) is 19.3 Å². The number of carbonyl (C=O) groups excluding carboxylic acids is 2. The van der Waals surface area contributed by atoms with E-state index in [0.29, 0.717) is 5.91 Å². The Kier molecular flexibility index (Phi) is 3.05. The van der Waals surface area contributed by atoms with Crippen molar-refractivity contribution in [3.8, 4) is 0 Å².